The minimum atomic E-state index is -0.226. The molecule has 0 bridgehead atoms. The highest BCUT2D eigenvalue weighted by atomic mass is 35.5. The van der Waals surface area contributed by atoms with E-state index in [1.54, 1.807) is 6.07 Å². The van der Waals surface area contributed by atoms with Crippen molar-refractivity contribution in [2.75, 3.05) is 13.1 Å². The van der Waals surface area contributed by atoms with Crippen molar-refractivity contribution in [1.82, 2.24) is 19.7 Å². The van der Waals surface area contributed by atoms with E-state index in [0.717, 1.165) is 32.4 Å². The fraction of sp³-hybridized carbons (Fsp3) is 0.400. The van der Waals surface area contributed by atoms with Crippen molar-refractivity contribution in [1.29, 1.82) is 0 Å². The van der Waals surface area contributed by atoms with Gasteiger partial charge in [-0.15, -0.1) is 10.2 Å². The van der Waals surface area contributed by atoms with Gasteiger partial charge in [0.2, 0.25) is 5.91 Å². The molecule has 0 saturated carbocycles. The summed E-state index contributed by atoms with van der Waals surface area (Å²) in [7, 11) is 1.89. The van der Waals surface area contributed by atoms with Gasteiger partial charge in [0, 0.05) is 20.1 Å². The average molecular weight is 485 g/mol. The fourth-order valence-corrected chi connectivity index (χ4v) is 5.16. The number of piperidine rings is 1. The maximum Gasteiger partial charge on any atom is 0.235 e. The van der Waals surface area contributed by atoms with E-state index in [0.29, 0.717) is 27.7 Å². The number of likely N-dealkylation sites (tertiary alicyclic amines) is 1. The number of thioether (sulfide) groups is 1. The Bertz CT molecular complexity index is 1070. The second-order valence-corrected chi connectivity index (χ2v) is 10.1. The molecule has 0 spiro atoms. The summed E-state index contributed by atoms with van der Waals surface area (Å²) in [6, 6.07) is 17.9. The number of carbonyl (C=O) groups is 1. The Labute approximate surface area is 204 Å². The summed E-state index contributed by atoms with van der Waals surface area (Å²) in [5.41, 5.74) is 1.38. The number of ether oxygens (including phenoxy) is 1. The molecule has 0 N–H and O–H groups in total. The number of halogens is 1. The monoisotopic (exact) mass is 484 g/mol. The maximum atomic E-state index is 13.0. The summed E-state index contributed by atoms with van der Waals surface area (Å²) in [6.45, 7) is 3.83. The molecule has 6 nitrogen and oxygen atoms in total. The zero-order chi connectivity index (χ0) is 23.2. The van der Waals surface area contributed by atoms with Gasteiger partial charge >= 0.3 is 0 Å². The van der Waals surface area contributed by atoms with Crippen LogP contribution in [0.4, 0.5) is 0 Å². The number of hydrogen-bond acceptors (Lipinski definition) is 5. The highest BCUT2D eigenvalue weighted by Crippen LogP contribution is 2.28. The van der Waals surface area contributed by atoms with Gasteiger partial charge in [-0.3, -0.25) is 4.79 Å². The van der Waals surface area contributed by atoms with Crippen LogP contribution in [0.2, 0.25) is 5.02 Å². The Kier molecular flexibility index (Phi) is 7.93. The SMILES string of the molecule is C[C@H](Sc1nnc(COc2ccccc2Cl)n1C)C(=O)N1CCC(Cc2ccccc2)CC1. The van der Waals surface area contributed by atoms with E-state index in [2.05, 4.69) is 40.5 Å². The zero-order valence-electron chi connectivity index (χ0n) is 19.0. The van der Waals surface area contributed by atoms with Crippen LogP contribution in [-0.2, 0) is 24.9 Å². The van der Waals surface area contributed by atoms with Gasteiger partial charge in [0.1, 0.15) is 12.4 Å². The normalized spacial score (nSPS) is 15.4. The lowest BCUT2D eigenvalue weighted by atomic mass is 9.90. The quantitative estimate of drug-likeness (QED) is 0.420. The molecule has 8 heteroatoms. The summed E-state index contributed by atoms with van der Waals surface area (Å²) >= 11 is 7.59. The molecule has 2 aromatic carbocycles. The predicted molar refractivity (Wildman–Crippen MR) is 132 cm³/mol. The first-order valence-corrected chi connectivity index (χ1v) is 12.5. The number of amides is 1. The van der Waals surface area contributed by atoms with E-state index in [4.69, 9.17) is 16.3 Å². The van der Waals surface area contributed by atoms with E-state index in [-0.39, 0.29) is 17.8 Å². The Balaban J connectivity index is 1.27. The molecule has 4 rings (SSSR count). The number of para-hydroxylation sites is 1. The standard InChI is InChI=1S/C25H29ClN4O2S/c1-18(24(31)30-14-12-20(13-15-30)16-19-8-4-3-5-9-19)33-25-28-27-23(29(25)2)17-32-22-11-7-6-10-21(22)26/h3-11,18,20H,12-17H2,1-2H3/t18-/m0/s1. The zero-order valence-corrected chi connectivity index (χ0v) is 20.6. The molecule has 174 valence electrons. The fourth-order valence-electron chi connectivity index (χ4n) is 4.05. The van der Waals surface area contributed by atoms with Crippen LogP contribution in [-0.4, -0.2) is 43.9 Å². The first-order chi connectivity index (χ1) is 16.0. The van der Waals surface area contributed by atoms with Gasteiger partial charge in [0.15, 0.2) is 11.0 Å². The van der Waals surface area contributed by atoms with E-state index in [1.807, 2.05) is 41.6 Å². The molecule has 3 aromatic rings. The average Bonchev–Trinajstić information content (AvgIpc) is 3.18. The molecule has 33 heavy (non-hydrogen) atoms. The number of carbonyl (C=O) groups excluding carboxylic acids is 1. The van der Waals surface area contributed by atoms with Crippen LogP contribution >= 0.6 is 23.4 Å². The van der Waals surface area contributed by atoms with Gasteiger partial charge in [-0.25, -0.2) is 0 Å². The van der Waals surface area contributed by atoms with Crippen molar-refractivity contribution < 1.29 is 9.53 Å². The number of benzene rings is 2. The van der Waals surface area contributed by atoms with Crippen molar-refractivity contribution in [3.63, 3.8) is 0 Å². The summed E-state index contributed by atoms with van der Waals surface area (Å²) in [5, 5.41) is 9.54. The Morgan fingerprint density at radius 1 is 1.12 bits per heavy atom. The van der Waals surface area contributed by atoms with Gasteiger partial charge < -0.3 is 14.2 Å². The van der Waals surface area contributed by atoms with E-state index >= 15 is 0 Å². The largest absolute Gasteiger partial charge is 0.484 e. The van der Waals surface area contributed by atoms with Crippen molar-refractivity contribution in [2.45, 2.75) is 43.2 Å². The number of rotatable bonds is 8. The summed E-state index contributed by atoms with van der Waals surface area (Å²) in [5.74, 6) is 2.09. The minimum absolute atomic E-state index is 0.162. The molecule has 1 fully saturated rings. The number of hydrogen-bond donors (Lipinski definition) is 0. The highest BCUT2D eigenvalue weighted by Gasteiger charge is 2.28. The topological polar surface area (TPSA) is 60.3 Å². The van der Waals surface area contributed by atoms with Crippen LogP contribution in [0.5, 0.6) is 5.75 Å². The lowest BCUT2D eigenvalue weighted by molar-refractivity contribution is -0.131. The van der Waals surface area contributed by atoms with Crippen LogP contribution in [0.3, 0.4) is 0 Å². The molecular weight excluding hydrogens is 456 g/mol. The number of aromatic nitrogens is 3. The van der Waals surface area contributed by atoms with Crippen molar-refractivity contribution >= 4 is 29.3 Å². The molecule has 0 unspecified atom stereocenters. The molecule has 1 atom stereocenters. The minimum Gasteiger partial charge on any atom is -0.484 e. The van der Waals surface area contributed by atoms with Crippen LogP contribution in [0, 0.1) is 5.92 Å². The molecule has 2 heterocycles. The summed E-state index contributed by atoms with van der Waals surface area (Å²) < 4.78 is 7.65. The molecule has 0 aliphatic carbocycles. The van der Waals surface area contributed by atoms with E-state index < -0.39 is 0 Å². The van der Waals surface area contributed by atoms with Gasteiger partial charge in [-0.05, 0) is 49.8 Å². The maximum absolute atomic E-state index is 13.0. The molecule has 1 saturated heterocycles. The molecule has 1 aliphatic rings. The second kappa shape index (κ2) is 11.1. The summed E-state index contributed by atoms with van der Waals surface area (Å²) in [6.07, 6.45) is 3.18. The van der Waals surface area contributed by atoms with Crippen LogP contribution in [0.1, 0.15) is 31.2 Å². The Morgan fingerprint density at radius 3 is 2.55 bits per heavy atom. The molecular formula is C25H29ClN4O2S. The summed E-state index contributed by atoms with van der Waals surface area (Å²) in [4.78, 5) is 15.0. The third-order valence-electron chi connectivity index (χ3n) is 6.04. The van der Waals surface area contributed by atoms with E-state index in [9.17, 15) is 4.79 Å². The smallest absolute Gasteiger partial charge is 0.235 e. The van der Waals surface area contributed by atoms with Crippen LogP contribution in [0.25, 0.3) is 0 Å². The lowest BCUT2D eigenvalue weighted by Gasteiger charge is -2.33. The van der Waals surface area contributed by atoms with Gasteiger partial charge in [0.05, 0.1) is 10.3 Å². The van der Waals surface area contributed by atoms with Gasteiger partial charge in [-0.2, -0.15) is 0 Å². The van der Waals surface area contributed by atoms with Crippen molar-refractivity contribution in [3.8, 4) is 5.75 Å². The molecule has 1 amide bonds. The molecule has 1 aliphatic heterocycles. The molecule has 1 aromatic heterocycles. The first-order valence-electron chi connectivity index (χ1n) is 11.3. The predicted octanol–water partition coefficient (Wildman–Crippen LogP) is 5.01. The van der Waals surface area contributed by atoms with Crippen molar-refractivity contribution in [2.24, 2.45) is 13.0 Å². The first kappa shape index (κ1) is 23.6. The third-order valence-corrected chi connectivity index (χ3v) is 7.48. The molecule has 0 radical (unpaired) electrons. The third kappa shape index (κ3) is 6.09. The number of nitrogens with zero attached hydrogens (tertiary/aromatic N) is 4. The highest BCUT2D eigenvalue weighted by molar-refractivity contribution is 8.00. The van der Waals surface area contributed by atoms with Crippen molar-refractivity contribution in [3.05, 3.63) is 71.0 Å². The Hall–Kier alpha value is -2.51. The van der Waals surface area contributed by atoms with Crippen LogP contribution < -0.4 is 4.74 Å². The van der Waals surface area contributed by atoms with Gasteiger partial charge in [0.25, 0.3) is 0 Å². The van der Waals surface area contributed by atoms with E-state index in [1.165, 1.54) is 17.3 Å². The lowest BCUT2D eigenvalue weighted by Crippen LogP contribution is -2.42. The second-order valence-electron chi connectivity index (χ2n) is 8.40. The van der Waals surface area contributed by atoms with Crippen LogP contribution in [0.15, 0.2) is 59.8 Å². The Morgan fingerprint density at radius 2 is 1.82 bits per heavy atom. The van der Waals surface area contributed by atoms with Gasteiger partial charge in [-0.1, -0.05) is 65.8 Å².